The predicted molar refractivity (Wildman–Crippen MR) is 536 cm³/mol. The highest BCUT2D eigenvalue weighted by Gasteiger charge is 2.37. The van der Waals surface area contributed by atoms with Crippen LogP contribution in [0.1, 0.15) is 109 Å². The zero-order chi connectivity index (χ0) is 135. The average Bonchev–Trinajstić information content (AvgIpc) is 0.811. The minimum Gasteiger partial charge on any atom is -0.415 e. The zero-order valence-corrected chi connectivity index (χ0v) is 76.7. The lowest BCUT2D eigenvalue weighted by atomic mass is 10.0. The molecular formula is C90H139Cl5F15N19O4. The fourth-order valence-corrected chi connectivity index (χ4v) is 13.4. The summed E-state index contributed by atoms with van der Waals surface area (Å²) in [4.78, 5) is 64.5. The van der Waals surface area contributed by atoms with Gasteiger partial charge in [-0.2, -0.15) is 65.9 Å². The molecule has 0 radical (unpaired) electrons. The lowest BCUT2D eigenvalue weighted by Gasteiger charge is -2.33. The van der Waals surface area contributed by atoms with Crippen molar-refractivity contribution in [3.63, 3.8) is 0 Å². The van der Waals surface area contributed by atoms with E-state index >= 15 is 0 Å². The molecule has 5 aromatic heterocycles. The molecule has 43 heteroatoms. The molecule has 15 rings (SSSR count). The standard InChI is InChI=1S/C19H21F3N4.C18H19F3N4O2.C13H11N.C11H13ClF3N3.C11H15F3N4.C7H5ClO2.C6H2Cl2F3N.C5H12N2.ClH.20H2/c1-14(15-6-4-3-5-7-15)23-17-12-16(19(20,21)22)13-18(24-17)26-10-8-25(2)9-11-26;1-24-7-9-25(10-8-24)16-12-13(18(19,20)21)11-15(22-16)23-17(26)27-14-5-3-2-4-6-14;14-13(11-7-3-1-4-8-11)12-9-5-2-6-10-12;1-17-2-4-18(5-3-17)10-7-8(11(13,14)15)6-9(12)16-10;1-17-2-4-18(5-3-17)10-7-8(11(12,13)14)6-9(15)16-10;8-7(9)10-6-4-2-1-3-5-6;7-4-1-3(6(9,10)11)2-5(8)12-4;1-7-4-2-6-3-5-7;;;;;;;;;;;;;;;;;;;;;/h3-7,12-13H,8-11H2,1-2H3;2-6,11-12H,7-10H2,1H3,(H,22,23,26);1-10,14H;6-7H,2-5H2,1H3;6-7H,2-5H2,1H3,(H2,15,16);1-5H;1-2H;6H,2-5H2,1H3;21*1H/i;;;;;;;;;19*1+1D;1+1. The summed E-state index contributed by atoms with van der Waals surface area (Å²) in [5.41, 5.74) is 4.61. The molecule has 758 valence electrons. The van der Waals surface area contributed by atoms with Crippen molar-refractivity contribution < 1.29 is 143 Å². The zero-order valence-electron chi connectivity index (χ0n) is 111. The Balaban J connectivity index is -0.000000135. The highest BCUT2D eigenvalue weighted by atomic mass is 35.5. The highest BCUT2D eigenvalue weighted by Crippen LogP contribution is 2.39. The number of carbonyl (C=O) groups is 2. The third-order valence-corrected chi connectivity index (χ3v) is 20.7. The van der Waals surface area contributed by atoms with E-state index in [1.54, 1.807) is 66.4 Å². The van der Waals surface area contributed by atoms with E-state index in [0.717, 1.165) is 131 Å². The number of piperazine rings is 5. The Morgan fingerprint density at radius 3 is 1.05 bits per heavy atom. The molecule has 10 heterocycles. The van der Waals surface area contributed by atoms with Crippen molar-refractivity contribution in [1.29, 1.82) is 5.41 Å². The summed E-state index contributed by atoms with van der Waals surface area (Å²) in [5.74, 6) is 1.61. The quantitative estimate of drug-likeness (QED) is 0.0408. The number of nitrogens with one attached hydrogen (secondary N) is 3. The molecule has 1 amide bonds. The van der Waals surface area contributed by atoms with Gasteiger partial charge in [-0.3, -0.25) is 10.7 Å². The summed E-state index contributed by atoms with van der Waals surface area (Å²) in [6, 6.07) is 54.9. The second-order valence-corrected chi connectivity index (χ2v) is 31.7. The van der Waals surface area contributed by atoms with Crippen LogP contribution in [0.3, 0.4) is 0 Å². The Labute approximate surface area is 846 Å². The molecule has 23 nitrogen and oxygen atoms in total. The second-order valence-electron chi connectivity index (χ2n) is 30.2. The number of aliphatic imine (C=N–C) groups is 1. The van der Waals surface area contributed by atoms with E-state index in [1.807, 2.05) is 140 Å². The van der Waals surface area contributed by atoms with Gasteiger partial charge >= 0.3 is 42.4 Å². The molecule has 0 bridgehead atoms. The lowest BCUT2D eigenvalue weighted by molar-refractivity contribution is -0.138. The molecule has 0 saturated carbocycles. The number of benzene rings is 5. The Morgan fingerprint density at radius 1 is 0.398 bits per heavy atom. The molecular weight excluding hydrogens is 1870 g/mol. The number of anilines is 6. The first-order chi connectivity index (χ1) is 81.3. The van der Waals surface area contributed by atoms with Gasteiger partial charge in [-0.15, -0.1) is 12.4 Å². The number of alkyl halides is 15. The molecule has 0 unspecified atom stereocenters. The number of amides is 1. The van der Waals surface area contributed by atoms with Crippen LogP contribution in [0.15, 0.2) is 217 Å². The lowest BCUT2D eigenvalue weighted by Crippen LogP contribution is -2.45. The first-order valence-corrected chi connectivity index (χ1v) is 42.4. The van der Waals surface area contributed by atoms with Gasteiger partial charge in [0.05, 0.1) is 33.5 Å². The number of pyridine rings is 5. The molecule has 133 heavy (non-hydrogen) atoms. The molecule has 5 fully saturated rings. The smallest absolute Gasteiger partial charge is 0.415 e. The maximum Gasteiger partial charge on any atom is 0.418 e. The van der Waals surface area contributed by atoms with Crippen LogP contribution in [-0.4, -0.2) is 238 Å². The number of halogens is 20. The fraction of sp³-hybridized carbons (Fsp3) is 0.344. The van der Waals surface area contributed by atoms with Gasteiger partial charge in [0.25, 0.3) is 0 Å². The minimum absolute atomic E-state index is 0. The van der Waals surface area contributed by atoms with Crippen LogP contribution in [0.2, 0.25) is 15.5 Å². The van der Waals surface area contributed by atoms with Crippen LogP contribution < -0.4 is 45.4 Å². The Hall–Kier alpha value is -10.9. The number of hydrogen-bond donors (Lipinski definition) is 4. The van der Waals surface area contributed by atoms with Gasteiger partial charge in [0.15, 0.2) is 5.82 Å². The minimum atomic E-state index is -4.55. The molecule has 5 saturated heterocycles. The van der Waals surface area contributed by atoms with Crippen molar-refractivity contribution in [3.8, 4) is 11.5 Å². The fourth-order valence-electron chi connectivity index (χ4n) is 12.6. The number of nitrogen functional groups attached to an aromatic ring is 1. The number of carbonyl (C=O) groups excluding carboxylic acids is 2. The molecule has 5 N–H and O–H groups in total. The van der Waals surface area contributed by atoms with Crippen LogP contribution in [-0.2, 0) is 30.9 Å². The summed E-state index contributed by atoms with van der Waals surface area (Å²) < 4.78 is 391. The van der Waals surface area contributed by atoms with Crippen LogP contribution in [0, 0.1) is 5.41 Å². The van der Waals surface area contributed by atoms with E-state index < -0.39 is 70.2 Å². The largest absolute Gasteiger partial charge is 0.418 e. The van der Waals surface area contributed by atoms with Gasteiger partial charge in [-0.25, -0.2) is 39.5 Å². The summed E-state index contributed by atoms with van der Waals surface area (Å²) in [6.45, 7) is 17.8. The van der Waals surface area contributed by atoms with Gasteiger partial charge in [0, 0.05) is 206 Å². The van der Waals surface area contributed by atoms with Crippen molar-refractivity contribution in [2.24, 2.45) is 4.99 Å². The highest BCUT2D eigenvalue weighted by molar-refractivity contribution is 6.61. The molecule has 0 spiro atoms. The predicted octanol–water partition coefficient (Wildman–Crippen LogP) is 25.2. The maximum absolute atomic E-state index is 13.3. The maximum atomic E-state index is 13.3. The van der Waals surface area contributed by atoms with E-state index in [-0.39, 0.29) is 58.3 Å². The average molecular weight is 2050 g/mol. The Morgan fingerprint density at radius 2 is 0.692 bits per heavy atom. The van der Waals surface area contributed by atoms with Gasteiger partial charge in [-0.05, 0) is 144 Å². The van der Waals surface area contributed by atoms with Crippen molar-refractivity contribution in [2.75, 3.05) is 197 Å². The third kappa shape index (κ3) is 38.5. The van der Waals surface area contributed by atoms with E-state index in [9.17, 15) is 75.4 Å². The van der Waals surface area contributed by atoms with Gasteiger partial charge in [0.2, 0.25) is 0 Å². The number of ether oxygens (including phenoxy) is 2. The third-order valence-electron chi connectivity index (χ3n) is 20.0. The molecule has 0 atom stereocenters. The van der Waals surface area contributed by atoms with Gasteiger partial charge in [0.1, 0.15) is 61.9 Å². The first kappa shape index (κ1) is 82.7. The topological polar surface area (TPSA) is 232 Å². The van der Waals surface area contributed by atoms with E-state index in [4.69, 9.17) is 119 Å². The molecule has 0 aliphatic carbocycles. The number of para-hydroxylation sites is 2. The molecule has 5 aliphatic rings. The summed E-state index contributed by atoms with van der Waals surface area (Å²) in [5, 5.41) is 12.9. The second kappa shape index (κ2) is 52.1. The van der Waals surface area contributed by atoms with Crippen molar-refractivity contribution in [1.82, 2.24) is 54.7 Å². The number of nitrogens with two attached hydrogens (primary N) is 1. The molecule has 5 aromatic carbocycles. The normalized spacial score (nSPS) is 16.6. The van der Waals surface area contributed by atoms with Crippen molar-refractivity contribution >= 4 is 122 Å². The Bertz CT molecular complexity index is 5260. The first-order valence-electron chi connectivity index (χ1n) is 59.9. The summed E-state index contributed by atoms with van der Waals surface area (Å²) in [7, 11) is 10.1. The number of aromatic nitrogens is 5. The van der Waals surface area contributed by atoms with Crippen molar-refractivity contribution in [3.05, 3.63) is 272 Å². The summed E-state index contributed by atoms with van der Waals surface area (Å²) in [6.07, 6.45) is -23.1. The molecule has 5 aliphatic heterocycles. The van der Waals surface area contributed by atoms with E-state index in [1.165, 1.54) is 13.1 Å². The van der Waals surface area contributed by atoms with Gasteiger partial charge in [-0.1, -0.05) is 162 Å². The van der Waals surface area contributed by atoms with Gasteiger partial charge < -0.3 is 64.6 Å². The van der Waals surface area contributed by atoms with Crippen LogP contribution in [0.4, 0.5) is 116 Å². The number of rotatable bonds is 11. The monoisotopic (exact) mass is 2050 g/mol. The summed E-state index contributed by atoms with van der Waals surface area (Å²) >= 11 is 21.1. The molecule has 10 aromatic rings. The Kier molecular flexibility index (Phi) is 32.4. The van der Waals surface area contributed by atoms with Crippen LogP contribution >= 0.6 is 58.8 Å². The van der Waals surface area contributed by atoms with E-state index in [2.05, 4.69) is 76.8 Å². The van der Waals surface area contributed by atoms with E-state index in [0.29, 0.717) is 99.1 Å². The van der Waals surface area contributed by atoms with Crippen LogP contribution in [0.25, 0.3) is 0 Å². The number of likely N-dealkylation sites (N-methyl/N-ethyl adjacent to an activating group) is 5. The van der Waals surface area contributed by atoms with Crippen LogP contribution in [0.5, 0.6) is 11.5 Å². The number of nitrogens with zero attached hydrogens (tertiary/aromatic N) is 15. The number of hydrogen-bond acceptors (Lipinski definition) is 22. The van der Waals surface area contributed by atoms with Crippen molar-refractivity contribution in [2.45, 2.75) is 37.8 Å². The SMILES string of the molecule is CC(=Nc1cc(C(F)(F)F)cc(N2CCN(C)CC2)n1)c1ccccc1.CN1CCN(c2cc(C(F)(F)F)cc(Cl)n2)CC1.CN1CCN(c2cc(C(F)(F)F)cc(N)n2)CC1.CN1CCN(c2cc(C(F)(F)F)cc(NC(=O)Oc3ccccc3)n2)CC1.CN1CCNCC1.Cl.FC(F)(F)c1cc(Cl)nc(Cl)c1.N=C(c1ccccc1)c1ccccc1.O=C(Cl)Oc1ccccc1.[2HH].[2H][2H].[2H][2H].[2H][2H].[2H][2H].[2H][2H].[2H][2H].[2H][2H].[2H][2H].[2H][2H].[2H][2H].[2H][2H].[2H][2H].[2H][2H].[2H][2H].[2H][2H].[2H][2H].[2H][2H].[2H][2H].[2H][2H].